The summed E-state index contributed by atoms with van der Waals surface area (Å²) < 4.78 is 38.4. The van der Waals surface area contributed by atoms with Gasteiger partial charge in [-0.3, -0.25) is 4.72 Å². The van der Waals surface area contributed by atoms with Crippen molar-refractivity contribution in [3.05, 3.63) is 88.8 Å². The number of sulfonamides is 1. The van der Waals surface area contributed by atoms with Gasteiger partial charge in [0.1, 0.15) is 5.70 Å². The van der Waals surface area contributed by atoms with Gasteiger partial charge < -0.3 is 14.4 Å². The predicted molar refractivity (Wildman–Crippen MR) is 130 cm³/mol. The van der Waals surface area contributed by atoms with E-state index in [1.54, 1.807) is 18.4 Å². The number of methoxy groups -OCH3 is 2. The van der Waals surface area contributed by atoms with Crippen LogP contribution >= 0.6 is 0 Å². The minimum absolute atomic E-state index is 0.00281. The number of allylic oxidation sites excluding steroid dienone is 2. The summed E-state index contributed by atoms with van der Waals surface area (Å²) >= 11 is 0. The van der Waals surface area contributed by atoms with Gasteiger partial charge in [-0.15, -0.1) is 0 Å². The molecule has 0 saturated heterocycles. The Morgan fingerprint density at radius 2 is 1.47 bits per heavy atom. The minimum atomic E-state index is -3.87. The summed E-state index contributed by atoms with van der Waals surface area (Å²) in [5.74, 6) is -1.46. The highest BCUT2D eigenvalue weighted by Gasteiger charge is 2.28. The van der Waals surface area contributed by atoms with Crippen LogP contribution in [0.4, 0.5) is 11.4 Å². The van der Waals surface area contributed by atoms with E-state index in [2.05, 4.69) is 4.72 Å². The Bertz CT molecular complexity index is 1300. The van der Waals surface area contributed by atoms with Crippen LogP contribution in [-0.4, -0.2) is 34.6 Å². The molecule has 8 nitrogen and oxygen atoms in total. The number of carbonyl (C=O) groups is 2. The third-order valence-corrected chi connectivity index (χ3v) is 6.59. The molecule has 0 unspecified atom stereocenters. The maximum absolute atomic E-state index is 13.0. The van der Waals surface area contributed by atoms with Crippen LogP contribution in [0.2, 0.25) is 0 Å². The van der Waals surface area contributed by atoms with Crippen LogP contribution in [0.5, 0.6) is 0 Å². The molecule has 0 saturated carbocycles. The van der Waals surface area contributed by atoms with Crippen molar-refractivity contribution in [2.24, 2.45) is 0 Å². The second kappa shape index (κ2) is 9.96. The van der Waals surface area contributed by atoms with Crippen LogP contribution in [0, 0.1) is 20.8 Å². The zero-order chi connectivity index (χ0) is 25.0. The number of nitrogens with one attached hydrogen (secondary N) is 1. The third-order valence-electron chi connectivity index (χ3n) is 5.23. The van der Waals surface area contributed by atoms with E-state index in [0.717, 1.165) is 16.7 Å². The highest BCUT2D eigenvalue weighted by molar-refractivity contribution is 7.92. The van der Waals surface area contributed by atoms with Gasteiger partial charge in [-0.05, 0) is 68.3 Å². The van der Waals surface area contributed by atoms with Crippen LogP contribution in [0.25, 0.3) is 0 Å². The van der Waals surface area contributed by atoms with Gasteiger partial charge in [0.05, 0.1) is 30.4 Å². The van der Waals surface area contributed by atoms with E-state index in [9.17, 15) is 18.0 Å². The van der Waals surface area contributed by atoms with E-state index in [1.165, 1.54) is 49.5 Å². The molecule has 0 radical (unpaired) electrons. The van der Waals surface area contributed by atoms with Crippen molar-refractivity contribution in [3.8, 4) is 0 Å². The first-order chi connectivity index (χ1) is 16.1. The summed E-state index contributed by atoms with van der Waals surface area (Å²) in [6.07, 6.45) is 6.24. The molecule has 178 valence electrons. The van der Waals surface area contributed by atoms with Gasteiger partial charge in [0.25, 0.3) is 10.0 Å². The zero-order valence-corrected chi connectivity index (χ0v) is 20.4. The van der Waals surface area contributed by atoms with Crippen molar-refractivity contribution < 1.29 is 27.5 Å². The van der Waals surface area contributed by atoms with Crippen LogP contribution in [0.1, 0.15) is 16.7 Å². The van der Waals surface area contributed by atoms with Crippen LogP contribution in [0.3, 0.4) is 0 Å². The molecular formula is C25H26N2O6S. The van der Waals surface area contributed by atoms with Crippen molar-refractivity contribution in [1.82, 2.24) is 0 Å². The average molecular weight is 483 g/mol. The summed E-state index contributed by atoms with van der Waals surface area (Å²) in [5, 5.41) is 0. The predicted octanol–water partition coefficient (Wildman–Crippen LogP) is 3.90. The number of aryl methyl sites for hydroxylation is 3. The number of ether oxygens (including phenoxy) is 2. The van der Waals surface area contributed by atoms with E-state index >= 15 is 0 Å². The zero-order valence-electron chi connectivity index (χ0n) is 19.6. The van der Waals surface area contributed by atoms with Gasteiger partial charge in [0.15, 0.2) is 0 Å². The smallest absolute Gasteiger partial charge is 0.355 e. The first-order valence-corrected chi connectivity index (χ1v) is 11.8. The Morgan fingerprint density at radius 1 is 0.882 bits per heavy atom. The molecule has 0 aliphatic carbocycles. The summed E-state index contributed by atoms with van der Waals surface area (Å²) in [6, 6.07) is 9.75. The average Bonchev–Trinajstić information content (AvgIpc) is 3.03. The summed E-state index contributed by atoms with van der Waals surface area (Å²) in [4.78, 5) is 26.3. The molecule has 0 atom stereocenters. The second-order valence-electron chi connectivity index (χ2n) is 7.69. The fourth-order valence-electron chi connectivity index (χ4n) is 3.69. The Morgan fingerprint density at radius 3 is 2.03 bits per heavy atom. The van der Waals surface area contributed by atoms with Crippen LogP contribution < -0.4 is 9.62 Å². The van der Waals surface area contributed by atoms with Crippen molar-refractivity contribution in [2.75, 3.05) is 23.8 Å². The van der Waals surface area contributed by atoms with E-state index in [0.29, 0.717) is 11.4 Å². The monoisotopic (exact) mass is 482 g/mol. The summed E-state index contributed by atoms with van der Waals surface area (Å²) in [7, 11) is -1.45. The summed E-state index contributed by atoms with van der Waals surface area (Å²) in [6.45, 7) is 5.65. The SMILES string of the molecule is COC(=O)C1=C(C(=O)OC)N(c2ccc(S(=O)(=O)Nc3c(C)cc(C)cc3C)cc2)C=CC=C1. The number of hydrogen-bond donors (Lipinski definition) is 1. The molecule has 0 spiro atoms. The number of carbonyl (C=O) groups excluding carboxylic acids is 2. The summed E-state index contributed by atoms with van der Waals surface area (Å²) in [5.41, 5.74) is 3.62. The molecule has 34 heavy (non-hydrogen) atoms. The van der Waals surface area contributed by atoms with Crippen molar-refractivity contribution in [2.45, 2.75) is 25.7 Å². The van der Waals surface area contributed by atoms with Gasteiger partial charge in [0, 0.05) is 11.9 Å². The van der Waals surface area contributed by atoms with E-state index in [-0.39, 0.29) is 16.2 Å². The van der Waals surface area contributed by atoms with E-state index < -0.39 is 22.0 Å². The highest BCUT2D eigenvalue weighted by Crippen LogP contribution is 2.29. The lowest BCUT2D eigenvalue weighted by molar-refractivity contribution is -0.139. The molecule has 1 aliphatic rings. The fourth-order valence-corrected chi connectivity index (χ4v) is 4.89. The lowest BCUT2D eigenvalue weighted by Gasteiger charge is -2.23. The lowest BCUT2D eigenvalue weighted by atomic mass is 10.1. The van der Waals surface area contributed by atoms with Crippen molar-refractivity contribution in [1.29, 1.82) is 0 Å². The Hall–Kier alpha value is -3.85. The van der Waals surface area contributed by atoms with Crippen molar-refractivity contribution in [3.63, 3.8) is 0 Å². The Kier molecular flexibility index (Phi) is 7.26. The quantitative estimate of drug-likeness (QED) is 0.623. The van der Waals surface area contributed by atoms with Gasteiger partial charge in [-0.1, -0.05) is 23.8 Å². The van der Waals surface area contributed by atoms with E-state index in [1.807, 2.05) is 32.9 Å². The van der Waals surface area contributed by atoms with Gasteiger partial charge in [-0.25, -0.2) is 18.0 Å². The van der Waals surface area contributed by atoms with Gasteiger partial charge >= 0.3 is 11.9 Å². The molecule has 0 bridgehead atoms. The minimum Gasteiger partial charge on any atom is -0.465 e. The number of anilines is 2. The molecule has 1 aliphatic heterocycles. The lowest BCUT2D eigenvalue weighted by Crippen LogP contribution is -2.27. The first kappa shape index (κ1) is 24.8. The molecule has 0 fully saturated rings. The first-order valence-electron chi connectivity index (χ1n) is 10.3. The number of rotatable bonds is 6. The normalized spacial score (nSPS) is 13.5. The molecule has 1 N–H and O–H groups in total. The second-order valence-corrected chi connectivity index (χ2v) is 9.37. The maximum atomic E-state index is 13.0. The number of nitrogens with zero attached hydrogens (tertiary/aromatic N) is 1. The molecule has 2 aromatic rings. The van der Waals surface area contributed by atoms with Crippen LogP contribution in [-0.2, 0) is 29.1 Å². The number of esters is 2. The van der Waals surface area contributed by atoms with Crippen LogP contribution in [0.15, 0.2) is 77.0 Å². The Labute approximate surface area is 199 Å². The highest BCUT2D eigenvalue weighted by atomic mass is 32.2. The maximum Gasteiger partial charge on any atom is 0.355 e. The molecule has 2 aromatic carbocycles. The molecular weight excluding hydrogens is 456 g/mol. The molecule has 1 heterocycles. The molecule has 0 aromatic heterocycles. The number of hydrogen-bond acceptors (Lipinski definition) is 7. The van der Waals surface area contributed by atoms with Gasteiger partial charge in [-0.2, -0.15) is 0 Å². The van der Waals surface area contributed by atoms with E-state index in [4.69, 9.17) is 9.47 Å². The number of benzene rings is 2. The fraction of sp³-hybridized carbons (Fsp3) is 0.200. The standard InChI is InChI=1S/C25H26N2O6S/c1-16-14-17(2)22(18(3)15-16)26-34(30,31)20-11-9-19(10-12-20)27-13-7-6-8-21(24(28)32-4)23(27)25(29)33-5/h6-15,26H,1-5H3. The molecule has 0 amide bonds. The van der Waals surface area contributed by atoms with Gasteiger partial charge in [0.2, 0.25) is 0 Å². The topological polar surface area (TPSA) is 102 Å². The largest absolute Gasteiger partial charge is 0.465 e. The van der Waals surface area contributed by atoms with Crippen molar-refractivity contribution >= 4 is 33.3 Å². The third kappa shape index (κ3) is 5.04. The molecule has 9 heteroatoms. The Balaban J connectivity index is 1.99. The molecule has 3 rings (SSSR count).